The Labute approximate surface area is 113 Å². The standard InChI is InChI=1S/C15H17N3O/c16-9-11-6-7-13(8-12(11)10-17)18-14-4-2-1-3-5-15(14)19/h6-8,14-15,18-19H,1-5H2. The van der Waals surface area contributed by atoms with Crippen LogP contribution in [0, 0.1) is 22.7 Å². The number of rotatable bonds is 2. The van der Waals surface area contributed by atoms with Gasteiger partial charge in [-0.25, -0.2) is 0 Å². The number of hydrogen-bond donors (Lipinski definition) is 2. The van der Waals surface area contributed by atoms with E-state index in [0.29, 0.717) is 11.1 Å². The summed E-state index contributed by atoms with van der Waals surface area (Å²) in [6.45, 7) is 0. The molecular formula is C15H17N3O. The zero-order chi connectivity index (χ0) is 13.7. The number of nitrogens with one attached hydrogen (secondary N) is 1. The van der Waals surface area contributed by atoms with Gasteiger partial charge in [-0.3, -0.25) is 0 Å². The fraction of sp³-hybridized carbons (Fsp3) is 0.467. The van der Waals surface area contributed by atoms with E-state index in [-0.39, 0.29) is 12.1 Å². The van der Waals surface area contributed by atoms with Gasteiger partial charge in [-0.15, -0.1) is 0 Å². The lowest BCUT2D eigenvalue weighted by atomic mass is 10.0. The van der Waals surface area contributed by atoms with E-state index in [4.69, 9.17) is 10.5 Å². The number of nitrogens with zero attached hydrogens (tertiary/aromatic N) is 2. The second kappa shape index (κ2) is 6.22. The lowest BCUT2D eigenvalue weighted by Crippen LogP contribution is -2.32. The minimum atomic E-state index is -0.344. The molecule has 0 radical (unpaired) electrons. The average molecular weight is 255 g/mol. The van der Waals surface area contributed by atoms with Gasteiger partial charge in [0, 0.05) is 5.69 Å². The van der Waals surface area contributed by atoms with Crippen molar-refractivity contribution < 1.29 is 5.11 Å². The summed E-state index contributed by atoms with van der Waals surface area (Å²) in [4.78, 5) is 0. The molecule has 0 spiro atoms. The Balaban J connectivity index is 2.15. The van der Waals surface area contributed by atoms with Crippen molar-refractivity contribution in [3.05, 3.63) is 29.3 Å². The smallest absolute Gasteiger partial charge is 0.101 e. The first-order valence-electron chi connectivity index (χ1n) is 6.63. The molecule has 2 unspecified atom stereocenters. The molecule has 4 heteroatoms. The van der Waals surface area contributed by atoms with Crippen LogP contribution < -0.4 is 5.32 Å². The summed E-state index contributed by atoms with van der Waals surface area (Å²) in [6.07, 6.45) is 4.74. The highest BCUT2D eigenvalue weighted by atomic mass is 16.3. The van der Waals surface area contributed by atoms with Gasteiger partial charge in [0.05, 0.1) is 23.3 Å². The van der Waals surface area contributed by atoms with Crippen molar-refractivity contribution in [3.63, 3.8) is 0 Å². The maximum Gasteiger partial charge on any atom is 0.101 e. The summed E-state index contributed by atoms with van der Waals surface area (Å²) in [5.74, 6) is 0. The fourth-order valence-electron chi connectivity index (χ4n) is 2.49. The Morgan fingerprint density at radius 1 is 1.05 bits per heavy atom. The monoisotopic (exact) mass is 255 g/mol. The molecule has 1 aliphatic rings. The molecule has 0 amide bonds. The minimum Gasteiger partial charge on any atom is -0.391 e. The van der Waals surface area contributed by atoms with Gasteiger partial charge in [-0.1, -0.05) is 19.3 Å². The molecule has 1 saturated carbocycles. The predicted molar refractivity (Wildman–Crippen MR) is 72.4 cm³/mol. The molecule has 4 nitrogen and oxygen atoms in total. The van der Waals surface area contributed by atoms with E-state index < -0.39 is 0 Å². The summed E-state index contributed by atoms with van der Waals surface area (Å²) < 4.78 is 0. The zero-order valence-electron chi connectivity index (χ0n) is 10.8. The van der Waals surface area contributed by atoms with E-state index in [2.05, 4.69) is 5.32 Å². The van der Waals surface area contributed by atoms with E-state index in [9.17, 15) is 5.11 Å². The van der Waals surface area contributed by atoms with Crippen molar-refractivity contribution in [3.8, 4) is 12.1 Å². The summed E-state index contributed by atoms with van der Waals surface area (Å²) in [5, 5.41) is 31.2. The summed E-state index contributed by atoms with van der Waals surface area (Å²) >= 11 is 0. The van der Waals surface area contributed by atoms with Crippen molar-refractivity contribution >= 4 is 5.69 Å². The molecule has 0 saturated heterocycles. The van der Waals surface area contributed by atoms with Crippen LogP contribution in [0.5, 0.6) is 0 Å². The molecule has 19 heavy (non-hydrogen) atoms. The molecule has 2 rings (SSSR count). The van der Waals surface area contributed by atoms with Crippen LogP contribution in [-0.4, -0.2) is 17.3 Å². The van der Waals surface area contributed by atoms with Gasteiger partial charge >= 0.3 is 0 Å². The molecule has 0 bridgehead atoms. The maximum absolute atomic E-state index is 10.1. The van der Waals surface area contributed by atoms with Gasteiger partial charge < -0.3 is 10.4 Å². The van der Waals surface area contributed by atoms with Gasteiger partial charge in [0.15, 0.2) is 0 Å². The van der Waals surface area contributed by atoms with Crippen LogP contribution >= 0.6 is 0 Å². The largest absolute Gasteiger partial charge is 0.391 e. The third kappa shape index (κ3) is 3.24. The second-order valence-corrected chi connectivity index (χ2v) is 4.94. The van der Waals surface area contributed by atoms with E-state index in [1.807, 2.05) is 12.1 Å². The first-order valence-corrected chi connectivity index (χ1v) is 6.63. The minimum absolute atomic E-state index is 0.0296. The fourth-order valence-corrected chi connectivity index (χ4v) is 2.49. The van der Waals surface area contributed by atoms with E-state index in [1.165, 1.54) is 0 Å². The average Bonchev–Trinajstić information content (AvgIpc) is 2.64. The summed E-state index contributed by atoms with van der Waals surface area (Å²) in [6, 6.07) is 9.16. The lowest BCUT2D eigenvalue weighted by Gasteiger charge is -2.23. The number of aliphatic hydroxyl groups is 1. The second-order valence-electron chi connectivity index (χ2n) is 4.94. The molecular weight excluding hydrogens is 238 g/mol. The Hall–Kier alpha value is -2.04. The summed E-state index contributed by atoms with van der Waals surface area (Å²) in [7, 11) is 0. The van der Waals surface area contributed by atoms with Crippen LogP contribution in [0.1, 0.15) is 43.2 Å². The Bertz CT molecular complexity index is 527. The Morgan fingerprint density at radius 3 is 2.53 bits per heavy atom. The number of hydrogen-bond acceptors (Lipinski definition) is 4. The quantitative estimate of drug-likeness (QED) is 0.796. The molecule has 98 valence electrons. The Kier molecular flexibility index (Phi) is 4.39. The number of aliphatic hydroxyl groups excluding tert-OH is 1. The third-order valence-electron chi connectivity index (χ3n) is 3.59. The highest BCUT2D eigenvalue weighted by Gasteiger charge is 2.21. The van der Waals surface area contributed by atoms with Gasteiger partial charge in [0.1, 0.15) is 12.1 Å². The molecule has 0 aliphatic heterocycles. The van der Waals surface area contributed by atoms with Gasteiger partial charge in [-0.2, -0.15) is 10.5 Å². The zero-order valence-corrected chi connectivity index (χ0v) is 10.8. The molecule has 1 fully saturated rings. The molecule has 0 aromatic heterocycles. The molecule has 2 atom stereocenters. The van der Waals surface area contributed by atoms with Crippen molar-refractivity contribution in [2.45, 2.75) is 44.2 Å². The van der Waals surface area contributed by atoms with Crippen molar-refractivity contribution in [2.24, 2.45) is 0 Å². The van der Waals surface area contributed by atoms with E-state index in [1.54, 1.807) is 18.2 Å². The van der Waals surface area contributed by atoms with E-state index >= 15 is 0 Å². The third-order valence-corrected chi connectivity index (χ3v) is 3.59. The number of nitriles is 2. The molecule has 0 heterocycles. The van der Waals surface area contributed by atoms with Crippen LogP contribution in [0.2, 0.25) is 0 Å². The normalized spacial score (nSPS) is 22.9. The SMILES string of the molecule is N#Cc1ccc(NC2CCCCCC2O)cc1C#N. The lowest BCUT2D eigenvalue weighted by molar-refractivity contribution is 0.144. The predicted octanol–water partition coefficient (Wildman–Crippen LogP) is 2.54. The number of anilines is 1. The maximum atomic E-state index is 10.1. The van der Waals surface area contributed by atoms with Crippen LogP contribution in [0.15, 0.2) is 18.2 Å². The first kappa shape index (κ1) is 13.4. The summed E-state index contributed by atoms with van der Waals surface area (Å²) in [5.41, 5.74) is 1.55. The first-order chi connectivity index (χ1) is 9.24. The van der Waals surface area contributed by atoms with Crippen molar-refractivity contribution in [1.29, 1.82) is 10.5 Å². The van der Waals surface area contributed by atoms with Crippen molar-refractivity contribution in [1.82, 2.24) is 0 Å². The number of benzene rings is 1. The van der Waals surface area contributed by atoms with Crippen LogP contribution in [-0.2, 0) is 0 Å². The Morgan fingerprint density at radius 2 is 1.79 bits per heavy atom. The molecule has 2 N–H and O–H groups in total. The van der Waals surface area contributed by atoms with Gasteiger partial charge in [0.2, 0.25) is 0 Å². The van der Waals surface area contributed by atoms with Crippen LogP contribution in [0.4, 0.5) is 5.69 Å². The van der Waals surface area contributed by atoms with Gasteiger partial charge in [-0.05, 0) is 31.0 Å². The highest BCUT2D eigenvalue weighted by molar-refractivity contribution is 5.56. The molecule has 1 aromatic carbocycles. The van der Waals surface area contributed by atoms with Crippen molar-refractivity contribution in [2.75, 3.05) is 5.32 Å². The van der Waals surface area contributed by atoms with E-state index in [0.717, 1.165) is 37.8 Å². The van der Waals surface area contributed by atoms with Crippen LogP contribution in [0.25, 0.3) is 0 Å². The van der Waals surface area contributed by atoms with Gasteiger partial charge in [0.25, 0.3) is 0 Å². The highest BCUT2D eigenvalue weighted by Crippen LogP contribution is 2.23. The van der Waals surface area contributed by atoms with Crippen LogP contribution in [0.3, 0.4) is 0 Å². The molecule has 1 aliphatic carbocycles. The topological polar surface area (TPSA) is 79.8 Å². The molecule has 1 aromatic rings.